The smallest absolute Gasteiger partial charge is 0.490 e. The number of rotatable bonds is 1. The summed E-state index contributed by atoms with van der Waals surface area (Å²) in [6.45, 7) is 0. The highest BCUT2D eigenvalue weighted by Crippen LogP contribution is 2.43. The molecule has 0 unspecified atom stereocenters. The topological polar surface area (TPSA) is 173 Å². The Morgan fingerprint density at radius 3 is 2.03 bits per heavy atom. The maximum absolute atomic E-state index is 10.6. The highest BCUT2D eigenvalue weighted by molar-refractivity contribution is 7.99. The Kier molecular flexibility index (Phi) is 8.97. The molecule has 1 aliphatic heterocycles. The van der Waals surface area contributed by atoms with E-state index in [4.69, 9.17) is 41.3 Å². The molecule has 3 rings (SSSR count). The van der Waals surface area contributed by atoms with Crippen molar-refractivity contribution in [2.75, 3.05) is 18.6 Å². The predicted octanol–water partition coefficient (Wildman–Crippen LogP) is 3.45. The van der Waals surface area contributed by atoms with Gasteiger partial charge in [0.2, 0.25) is 0 Å². The summed E-state index contributed by atoms with van der Waals surface area (Å²) < 4.78 is 68.7. The number of hydrogen-bond acceptors (Lipinski definition) is 8. The Bertz CT molecular complexity index is 1110. The number of methoxy groups -OCH3 is 1. The SMILES string of the molecule is COc1ccc2c(c1)Cc1c(nc(N)c(C#N)c1N)S2.O=C(O)C(F)(F)F.O=C(O)C(F)(F)F. The van der Waals surface area contributed by atoms with Crippen LogP contribution in [-0.2, 0) is 16.0 Å². The number of ether oxygens (including phenoxy) is 1. The molecular weight excluding hydrogens is 498 g/mol. The van der Waals surface area contributed by atoms with Gasteiger partial charge in [-0.25, -0.2) is 14.6 Å². The van der Waals surface area contributed by atoms with Crippen LogP contribution in [0.3, 0.4) is 0 Å². The summed E-state index contributed by atoms with van der Waals surface area (Å²) in [6.07, 6.45) is -9.54. The van der Waals surface area contributed by atoms with E-state index in [-0.39, 0.29) is 11.4 Å². The molecule has 2 heterocycles. The van der Waals surface area contributed by atoms with E-state index in [1.165, 1.54) is 11.8 Å². The molecule has 6 N–H and O–H groups in total. The molecule has 0 fully saturated rings. The van der Waals surface area contributed by atoms with Crippen LogP contribution in [0.4, 0.5) is 37.8 Å². The molecule has 0 aliphatic carbocycles. The van der Waals surface area contributed by atoms with Gasteiger partial charge in [-0.2, -0.15) is 31.6 Å². The summed E-state index contributed by atoms with van der Waals surface area (Å²) in [7, 11) is 1.63. The standard InChI is InChI=1S/C14H12N4OS.2C2HF3O2/c1-19-8-2-3-11-7(4-8)5-9-12(16)10(6-15)13(17)18-14(9)20-11;2*3-2(4,5)1(6)7/h2-4H,5H2,1H3,(H4,16,17,18);2*(H,6,7). The zero-order valence-electron chi connectivity index (χ0n) is 16.8. The molecule has 184 valence electrons. The molecule has 1 aliphatic rings. The summed E-state index contributed by atoms with van der Waals surface area (Å²) in [5.41, 5.74) is 14.5. The molecule has 0 bridgehead atoms. The molecular formula is C18H14F6N4O5S. The van der Waals surface area contributed by atoms with Crippen molar-refractivity contribution in [1.29, 1.82) is 5.26 Å². The average molecular weight is 512 g/mol. The van der Waals surface area contributed by atoms with E-state index in [1.807, 2.05) is 24.3 Å². The number of nitrogen functional groups attached to an aromatic ring is 2. The molecule has 0 radical (unpaired) electrons. The third kappa shape index (κ3) is 7.33. The highest BCUT2D eigenvalue weighted by Gasteiger charge is 2.38. The maximum Gasteiger partial charge on any atom is 0.490 e. The van der Waals surface area contributed by atoms with Crippen molar-refractivity contribution < 1.29 is 50.9 Å². The Morgan fingerprint density at radius 1 is 1.12 bits per heavy atom. The highest BCUT2D eigenvalue weighted by atomic mass is 32.2. The zero-order chi connectivity index (χ0) is 26.4. The van der Waals surface area contributed by atoms with E-state index in [1.54, 1.807) is 7.11 Å². The first kappa shape index (κ1) is 28.2. The number of nitrogens with two attached hydrogens (primary N) is 2. The van der Waals surface area contributed by atoms with Crippen LogP contribution in [0.2, 0.25) is 0 Å². The zero-order valence-corrected chi connectivity index (χ0v) is 17.6. The number of nitrogens with zero attached hydrogens (tertiary/aromatic N) is 2. The second kappa shape index (κ2) is 10.8. The summed E-state index contributed by atoms with van der Waals surface area (Å²) in [4.78, 5) is 23.2. The summed E-state index contributed by atoms with van der Waals surface area (Å²) >= 11 is 1.51. The fourth-order valence-corrected chi connectivity index (χ4v) is 3.28. The van der Waals surface area contributed by atoms with Crippen LogP contribution >= 0.6 is 11.8 Å². The minimum atomic E-state index is -5.08. The Labute approximate surface area is 190 Å². The van der Waals surface area contributed by atoms with Gasteiger partial charge in [-0.05, 0) is 23.8 Å². The van der Waals surface area contributed by atoms with E-state index >= 15 is 0 Å². The largest absolute Gasteiger partial charge is 0.497 e. The molecule has 16 heteroatoms. The number of aliphatic carboxylic acids is 2. The number of nitriles is 1. The van der Waals surface area contributed by atoms with E-state index < -0.39 is 24.3 Å². The minimum absolute atomic E-state index is 0.188. The first-order valence-electron chi connectivity index (χ1n) is 8.45. The van der Waals surface area contributed by atoms with Gasteiger partial charge in [0.25, 0.3) is 0 Å². The lowest BCUT2D eigenvalue weighted by molar-refractivity contribution is -0.193. The Morgan fingerprint density at radius 2 is 1.62 bits per heavy atom. The molecule has 0 saturated carbocycles. The van der Waals surface area contributed by atoms with Gasteiger partial charge in [-0.15, -0.1) is 0 Å². The van der Waals surface area contributed by atoms with E-state index in [0.29, 0.717) is 12.1 Å². The van der Waals surface area contributed by atoms with Crippen LogP contribution < -0.4 is 16.2 Å². The molecule has 0 saturated heterocycles. The van der Waals surface area contributed by atoms with Crippen LogP contribution in [0, 0.1) is 11.3 Å². The molecule has 0 spiro atoms. The number of anilines is 2. The van der Waals surface area contributed by atoms with Gasteiger partial charge < -0.3 is 26.4 Å². The van der Waals surface area contributed by atoms with Crippen molar-refractivity contribution in [2.45, 2.75) is 28.7 Å². The van der Waals surface area contributed by atoms with Gasteiger partial charge in [0.15, 0.2) is 0 Å². The fraction of sp³-hybridized carbons (Fsp3) is 0.222. The number of carbonyl (C=O) groups is 2. The van der Waals surface area contributed by atoms with Gasteiger partial charge in [0, 0.05) is 16.9 Å². The first-order chi connectivity index (χ1) is 15.5. The van der Waals surface area contributed by atoms with Crippen molar-refractivity contribution in [1.82, 2.24) is 4.98 Å². The molecule has 0 amide bonds. The third-order valence-corrected chi connectivity index (χ3v) is 4.92. The van der Waals surface area contributed by atoms with Gasteiger partial charge in [0.1, 0.15) is 28.2 Å². The van der Waals surface area contributed by atoms with Crippen molar-refractivity contribution in [3.05, 3.63) is 34.9 Å². The molecule has 1 aromatic heterocycles. The number of carboxylic acid groups (broad SMARTS) is 2. The molecule has 1 aromatic carbocycles. The van der Waals surface area contributed by atoms with Crippen LogP contribution in [0.1, 0.15) is 16.7 Å². The average Bonchev–Trinajstić information content (AvgIpc) is 2.72. The lowest BCUT2D eigenvalue weighted by Gasteiger charge is -2.21. The van der Waals surface area contributed by atoms with E-state index in [0.717, 1.165) is 26.8 Å². The van der Waals surface area contributed by atoms with Crippen LogP contribution in [0.25, 0.3) is 0 Å². The lowest BCUT2D eigenvalue weighted by atomic mass is 10.0. The Hall–Kier alpha value is -3.87. The Balaban J connectivity index is 0.000000343. The minimum Gasteiger partial charge on any atom is -0.497 e. The van der Waals surface area contributed by atoms with Crippen LogP contribution in [-0.4, -0.2) is 46.6 Å². The second-order valence-corrected chi connectivity index (χ2v) is 7.07. The van der Waals surface area contributed by atoms with Crippen molar-refractivity contribution >= 4 is 35.2 Å². The molecule has 9 nitrogen and oxygen atoms in total. The number of fused-ring (bicyclic) bond motifs is 2. The maximum atomic E-state index is 10.6. The summed E-state index contributed by atoms with van der Waals surface area (Å²) in [5.74, 6) is -4.52. The first-order valence-corrected chi connectivity index (χ1v) is 9.27. The molecule has 0 atom stereocenters. The number of benzene rings is 1. The van der Waals surface area contributed by atoms with Gasteiger partial charge >= 0.3 is 24.3 Å². The number of hydrogen-bond donors (Lipinski definition) is 4. The van der Waals surface area contributed by atoms with Gasteiger partial charge in [0.05, 0.1) is 12.8 Å². The van der Waals surface area contributed by atoms with Crippen molar-refractivity contribution in [2.24, 2.45) is 0 Å². The molecule has 2 aromatic rings. The number of carboxylic acids is 2. The van der Waals surface area contributed by atoms with Crippen molar-refractivity contribution in [3.63, 3.8) is 0 Å². The molecule has 34 heavy (non-hydrogen) atoms. The van der Waals surface area contributed by atoms with Crippen molar-refractivity contribution in [3.8, 4) is 11.8 Å². The van der Waals surface area contributed by atoms with E-state index in [9.17, 15) is 26.3 Å². The second-order valence-electron chi connectivity index (χ2n) is 6.04. The van der Waals surface area contributed by atoms with E-state index in [2.05, 4.69) is 4.98 Å². The predicted molar refractivity (Wildman–Crippen MR) is 105 cm³/mol. The number of alkyl halides is 6. The normalized spacial score (nSPS) is 11.8. The number of halogens is 6. The number of pyridine rings is 1. The van der Waals surface area contributed by atoms with Crippen LogP contribution in [0.15, 0.2) is 28.1 Å². The quantitative estimate of drug-likeness (QED) is 0.354. The third-order valence-electron chi connectivity index (χ3n) is 3.77. The monoisotopic (exact) mass is 512 g/mol. The fourth-order valence-electron chi connectivity index (χ4n) is 2.22. The van der Waals surface area contributed by atoms with Gasteiger partial charge in [-0.3, -0.25) is 0 Å². The van der Waals surface area contributed by atoms with Crippen LogP contribution in [0.5, 0.6) is 5.75 Å². The summed E-state index contributed by atoms with van der Waals surface area (Å²) in [5, 5.41) is 24.1. The lowest BCUT2D eigenvalue weighted by Crippen LogP contribution is -2.21. The summed E-state index contributed by atoms with van der Waals surface area (Å²) in [6, 6.07) is 7.90. The number of aromatic nitrogens is 1. The van der Waals surface area contributed by atoms with Gasteiger partial charge in [-0.1, -0.05) is 11.8 Å².